The summed E-state index contributed by atoms with van der Waals surface area (Å²) in [5.41, 5.74) is 1.70. The molecule has 1 saturated heterocycles. The fraction of sp³-hybridized carbons (Fsp3) is 0.300. The van der Waals surface area contributed by atoms with Crippen LogP contribution in [0.1, 0.15) is 12.0 Å². The molecule has 1 unspecified atom stereocenters. The van der Waals surface area contributed by atoms with E-state index in [4.69, 9.17) is 21.1 Å². The number of nitrogens with one attached hydrogen (secondary N) is 1. The van der Waals surface area contributed by atoms with Gasteiger partial charge < -0.3 is 19.7 Å². The van der Waals surface area contributed by atoms with Crippen LogP contribution in [0.2, 0.25) is 5.02 Å². The third-order valence-corrected chi connectivity index (χ3v) is 4.99. The molecule has 1 fully saturated rings. The van der Waals surface area contributed by atoms with Crippen LogP contribution in [0, 0.1) is 5.92 Å². The highest BCUT2D eigenvalue weighted by Crippen LogP contribution is 2.37. The molecule has 2 heterocycles. The number of nitrogens with zero attached hydrogens (tertiary/aromatic N) is 1. The molecule has 6 nitrogen and oxygen atoms in total. The van der Waals surface area contributed by atoms with Gasteiger partial charge in [-0.25, -0.2) is 0 Å². The van der Waals surface area contributed by atoms with Crippen molar-refractivity contribution in [2.75, 3.05) is 24.8 Å². The van der Waals surface area contributed by atoms with Crippen LogP contribution in [0.25, 0.3) is 0 Å². The Labute approximate surface area is 162 Å². The Kier molecular flexibility index (Phi) is 4.90. The minimum atomic E-state index is -0.0636. The van der Waals surface area contributed by atoms with E-state index in [1.165, 1.54) is 0 Å². The lowest BCUT2D eigenvalue weighted by Crippen LogP contribution is -2.32. The Bertz CT molecular complexity index is 869. The van der Waals surface area contributed by atoms with Gasteiger partial charge in [-0.05, 0) is 29.8 Å². The topological polar surface area (TPSA) is 67.9 Å². The lowest BCUT2D eigenvalue weighted by atomic mass is 10.1. The van der Waals surface area contributed by atoms with Gasteiger partial charge in [0.15, 0.2) is 11.5 Å². The molecule has 0 bridgehead atoms. The van der Waals surface area contributed by atoms with E-state index < -0.39 is 0 Å². The molecule has 0 radical (unpaired) electrons. The number of fused-ring (bicyclic) bond motifs is 1. The predicted molar refractivity (Wildman–Crippen MR) is 101 cm³/mol. The Morgan fingerprint density at radius 1 is 1.15 bits per heavy atom. The first-order valence-corrected chi connectivity index (χ1v) is 9.17. The van der Waals surface area contributed by atoms with Crippen molar-refractivity contribution in [1.82, 2.24) is 5.32 Å². The second-order valence-corrected chi connectivity index (χ2v) is 7.16. The molecule has 0 spiro atoms. The van der Waals surface area contributed by atoms with Crippen molar-refractivity contribution < 1.29 is 19.1 Å². The SMILES string of the molecule is O=C(Cc1ccc(Cl)cc1)NCC1CC(=O)N(c2ccc3c(c2)OCO3)C1. The molecule has 0 saturated carbocycles. The first-order chi connectivity index (χ1) is 13.1. The van der Waals surface area contributed by atoms with E-state index >= 15 is 0 Å². The summed E-state index contributed by atoms with van der Waals surface area (Å²) < 4.78 is 10.7. The van der Waals surface area contributed by atoms with Gasteiger partial charge in [0.05, 0.1) is 6.42 Å². The highest BCUT2D eigenvalue weighted by Gasteiger charge is 2.31. The van der Waals surface area contributed by atoms with Crippen LogP contribution in [0.15, 0.2) is 42.5 Å². The molecule has 0 aromatic heterocycles. The van der Waals surface area contributed by atoms with Crippen molar-refractivity contribution in [1.29, 1.82) is 0 Å². The van der Waals surface area contributed by atoms with Crippen LogP contribution < -0.4 is 19.7 Å². The van der Waals surface area contributed by atoms with Crippen LogP contribution in [0.4, 0.5) is 5.69 Å². The lowest BCUT2D eigenvalue weighted by Gasteiger charge is -2.17. The van der Waals surface area contributed by atoms with Gasteiger partial charge >= 0.3 is 0 Å². The number of carbonyl (C=O) groups excluding carboxylic acids is 2. The molecule has 140 valence electrons. The van der Waals surface area contributed by atoms with Crippen molar-refractivity contribution in [2.45, 2.75) is 12.8 Å². The van der Waals surface area contributed by atoms with E-state index in [0.29, 0.717) is 42.5 Å². The van der Waals surface area contributed by atoms with Gasteiger partial charge in [-0.1, -0.05) is 23.7 Å². The maximum absolute atomic E-state index is 12.4. The number of hydrogen-bond acceptors (Lipinski definition) is 4. The summed E-state index contributed by atoms with van der Waals surface area (Å²) in [6, 6.07) is 12.7. The zero-order valence-corrected chi connectivity index (χ0v) is 15.4. The van der Waals surface area contributed by atoms with Crippen molar-refractivity contribution in [3.63, 3.8) is 0 Å². The number of amides is 2. The summed E-state index contributed by atoms with van der Waals surface area (Å²) in [5, 5.41) is 3.57. The number of halogens is 1. The number of ether oxygens (including phenoxy) is 2. The van der Waals surface area contributed by atoms with E-state index in [9.17, 15) is 9.59 Å². The molecule has 1 N–H and O–H groups in total. The zero-order chi connectivity index (χ0) is 18.8. The standard InChI is InChI=1S/C20H19ClN2O4/c21-15-3-1-13(2-4-15)7-19(24)22-10-14-8-20(25)23(11-14)16-5-6-17-18(9-16)27-12-26-17/h1-6,9,14H,7-8,10-12H2,(H,22,24). The van der Waals surface area contributed by atoms with E-state index in [0.717, 1.165) is 11.3 Å². The van der Waals surface area contributed by atoms with E-state index in [-0.39, 0.29) is 24.5 Å². The van der Waals surface area contributed by atoms with E-state index in [1.54, 1.807) is 17.0 Å². The lowest BCUT2D eigenvalue weighted by molar-refractivity contribution is -0.121. The van der Waals surface area contributed by atoms with Crippen LogP contribution in [-0.2, 0) is 16.0 Å². The molecule has 2 aromatic carbocycles. The quantitative estimate of drug-likeness (QED) is 0.858. The van der Waals surface area contributed by atoms with E-state index in [2.05, 4.69) is 5.32 Å². The molecule has 0 aliphatic carbocycles. The molecule has 4 rings (SSSR count). The number of benzene rings is 2. The van der Waals surface area contributed by atoms with Crippen molar-refractivity contribution in [3.05, 3.63) is 53.1 Å². The summed E-state index contributed by atoms with van der Waals surface area (Å²) in [5.74, 6) is 1.41. The van der Waals surface area contributed by atoms with Crippen LogP contribution in [-0.4, -0.2) is 31.7 Å². The third kappa shape index (κ3) is 4.01. The molecule has 27 heavy (non-hydrogen) atoms. The van der Waals surface area contributed by atoms with E-state index in [1.807, 2.05) is 30.3 Å². The smallest absolute Gasteiger partial charge is 0.231 e. The zero-order valence-electron chi connectivity index (χ0n) is 14.6. The molecule has 2 amide bonds. The highest BCUT2D eigenvalue weighted by atomic mass is 35.5. The first-order valence-electron chi connectivity index (χ1n) is 8.79. The minimum absolute atomic E-state index is 0.0471. The fourth-order valence-electron chi connectivity index (χ4n) is 3.33. The molecular formula is C20H19ClN2O4. The maximum Gasteiger partial charge on any atom is 0.231 e. The van der Waals surface area contributed by atoms with Gasteiger partial charge in [0.1, 0.15) is 0 Å². The fourth-order valence-corrected chi connectivity index (χ4v) is 3.46. The Balaban J connectivity index is 1.31. The highest BCUT2D eigenvalue weighted by molar-refractivity contribution is 6.30. The molecule has 2 aromatic rings. The summed E-state index contributed by atoms with van der Waals surface area (Å²) in [7, 11) is 0. The average Bonchev–Trinajstić information content (AvgIpc) is 3.27. The Morgan fingerprint density at radius 2 is 1.93 bits per heavy atom. The second kappa shape index (κ2) is 7.48. The molecule has 2 aliphatic rings. The second-order valence-electron chi connectivity index (χ2n) is 6.72. The summed E-state index contributed by atoms with van der Waals surface area (Å²) in [6.07, 6.45) is 0.708. The van der Waals surface area contributed by atoms with Gasteiger partial charge in [-0.3, -0.25) is 9.59 Å². The Hall–Kier alpha value is -2.73. The summed E-state index contributed by atoms with van der Waals surface area (Å²) in [4.78, 5) is 26.3. The molecular weight excluding hydrogens is 368 g/mol. The van der Waals surface area contributed by atoms with Gasteiger partial charge in [0.2, 0.25) is 18.6 Å². The predicted octanol–water partition coefficient (Wildman–Crippen LogP) is 2.78. The largest absolute Gasteiger partial charge is 0.454 e. The number of hydrogen-bond donors (Lipinski definition) is 1. The first kappa shape index (κ1) is 17.7. The van der Waals surface area contributed by atoms with Gasteiger partial charge in [-0.15, -0.1) is 0 Å². The van der Waals surface area contributed by atoms with Gasteiger partial charge in [-0.2, -0.15) is 0 Å². The maximum atomic E-state index is 12.4. The number of rotatable bonds is 5. The summed E-state index contributed by atoms with van der Waals surface area (Å²) in [6.45, 7) is 1.24. The number of anilines is 1. The van der Waals surface area contributed by atoms with Gasteiger partial charge in [0.25, 0.3) is 0 Å². The molecule has 2 aliphatic heterocycles. The van der Waals surface area contributed by atoms with Crippen LogP contribution in [0.3, 0.4) is 0 Å². The monoisotopic (exact) mass is 386 g/mol. The molecule has 1 atom stereocenters. The van der Waals surface area contributed by atoms with Crippen molar-refractivity contribution in [2.24, 2.45) is 5.92 Å². The van der Waals surface area contributed by atoms with Crippen LogP contribution in [0.5, 0.6) is 11.5 Å². The van der Waals surface area contributed by atoms with Crippen molar-refractivity contribution >= 4 is 29.1 Å². The molecule has 7 heteroatoms. The van der Waals surface area contributed by atoms with Crippen molar-refractivity contribution in [3.8, 4) is 11.5 Å². The summed E-state index contributed by atoms with van der Waals surface area (Å²) >= 11 is 5.85. The van der Waals surface area contributed by atoms with Crippen LogP contribution >= 0.6 is 11.6 Å². The third-order valence-electron chi connectivity index (χ3n) is 4.74. The average molecular weight is 387 g/mol. The minimum Gasteiger partial charge on any atom is -0.454 e. The number of carbonyl (C=O) groups is 2. The normalized spacial score (nSPS) is 18.0. The Morgan fingerprint density at radius 3 is 2.74 bits per heavy atom. The van der Waals surface area contributed by atoms with Gasteiger partial charge in [0, 0.05) is 42.2 Å².